The van der Waals surface area contributed by atoms with Gasteiger partial charge in [-0.05, 0) is 24.6 Å². The highest BCUT2D eigenvalue weighted by atomic mass is 16.4. The summed E-state index contributed by atoms with van der Waals surface area (Å²) in [5, 5.41) is 12.1. The molecule has 2 aromatic rings. The molecular weight excluding hydrogens is 358 g/mol. The summed E-state index contributed by atoms with van der Waals surface area (Å²) in [5.74, 6) is -0.695. The zero-order valence-corrected chi connectivity index (χ0v) is 16.6. The number of amides is 1. The standard InChI is InChI=1S/C20H29N5O3/c1-21-22(2)14-17-13-16-5-3-4-6-18(16)25(17)8-7-19(26)24-11-9-23(10-12-24)15-20(27)28/h3-6,13,21H,7-12,14-15H2,1-2H3,(H,27,28). The van der Waals surface area contributed by atoms with Gasteiger partial charge in [-0.1, -0.05) is 18.2 Å². The number of aryl methyl sites for hydroxylation is 1. The van der Waals surface area contributed by atoms with Crippen LogP contribution in [-0.4, -0.2) is 83.2 Å². The lowest BCUT2D eigenvalue weighted by atomic mass is 10.2. The number of carboxylic acid groups (broad SMARTS) is 1. The van der Waals surface area contributed by atoms with Crippen molar-refractivity contribution in [2.45, 2.75) is 19.5 Å². The Morgan fingerprint density at radius 1 is 1.18 bits per heavy atom. The number of aliphatic carboxylic acids is 1. The number of carbonyl (C=O) groups excluding carboxylic acids is 1. The van der Waals surface area contributed by atoms with Crippen LogP contribution in [0.5, 0.6) is 0 Å². The second kappa shape index (κ2) is 9.18. The molecule has 2 N–H and O–H groups in total. The molecule has 1 amide bonds. The second-order valence-corrected chi connectivity index (χ2v) is 7.23. The number of hydrogen-bond acceptors (Lipinski definition) is 5. The molecule has 1 aromatic heterocycles. The van der Waals surface area contributed by atoms with Crippen molar-refractivity contribution < 1.29 is 14.7 Å². The fourth-order valence-corrected chi connectivity index (χ4v) is 3.70. The molecule has 0 spiro atoms. The minimum absolute atomic E-state index is 0.0414. The molecule has 8 heteroatoms. The van der Waals surface area contributed by atoms with Gasteiger partial charge in [0.25, 0.3) is 0 Å². The van der Waals surface area contributed by atoms with Crippen LogP contribution in [0.1, 0.15) is 12.1 Å². The van der Waals surface area contributed by atoms with E-state index in [0.29, 0.717) is 39.1 Å². The molecule has 0 bridgehead atoms. The van der Waals surface area contributed by atoms with Crippen LogP contribution < -0.4 is 5.43 Å². The third kappa shape index (κ3) is 4.89. The third-order valence-corrected chi connectivity index (χ3v) is 5.31. The van der Waals surface area contributed by atoms with Crippen LogP contribution in [0.2, 0.25) is 0 Å². The maximum Gasteiger partial charge on any atom is 0.317 e. The summed E-state index contributed by atoms with van der Waals surface area (Å²) in [6.45, 7) is 3.83. The largest absolute Gasteiger partial charge is 0.480 e. The Bertz CT molecular complexity index is 826. The third-order valence-electron chi connectivity index (χ3n) is 5.31. The SMILES string of the molecule is CNN(C)Cc1cc2ccccc2n1CCC(=O)N1CCN(CC(=O)O)CC1. The van der Waals surface area contributed by atoms with Gasteiger partial charge in [-0.3, -0.25) is 19.9 Å². The van der Waals surface area contributed by atoms with Gasteiger partial charge in [-0.2, -0.15) is 0 Å². The Hall–Kier alpha value is -2.42. The van der Waals surface area contributed by atoms with Gasteiger partial charge >= 0.3 is 5.97 Å². The molecule has 0 atom stereocenters. The van der Waals surface area contributed by atoms with Gasteiger partial charge in [-0.15, -0.1) is 0 Å². The number of nitrogens with zero attached hydrogens (tertiary/aromatic N) is 4. The minimum atomic E-state index is -0.821. The molecule has 1 aliphatic rings. The molecule has 1 aromatic carbocycles. The minimum Gasteiger partial charge on any atom is -0.480 e. The summed E-state index contributed by atoms with van der Waals surface area (Å²) in [7, 11) is 3.88. The average molecular weight is 387 g/mol. The fourth-order valence-electron chi connectivity index (χ4n) is 3.70. The van der Waals surface area contributed by atoms with Crippen molar-refractivity contribution in [3.63, 3.8) is 0 Å². The number of piperazine rings is 1. The molecule has 1 saturated heterocycles. The number of para-hydroxylation sites is 1. The van der Waals surface area contributed by atoms with Gasteiger partial charge in [-0.25, -0.2) is 5.01 Å². The van der Waals surface area contributed by atoms with Gasteiger partial charge in [0, 0.05) is 57.4 Å². The van der Waals surface area contributed by atoms with E-state index < -0.39 is 5.97 Å². The first-order valence-electron chi connectivity index (χ1n) is 9.65. The molecule has 1 fully saturated rings. The summed E-state index contributed by atoms with van der Waals surface area (Å²) >= 11 is 0. The summed E-state index contributed by atoms with van der Waals surface area (Å²) in [6, 6.07) is 10.4. The molecule has 2 heterocycles. The van der Waals surface area contributed by atoms with Crippen LogP contribution in [-0.2, 0) is 22.7 Å². The summed E-state index contributed by atoms with van der Waals surface area (Å²) in [4.78, 5) is 27.2. The molecule has 0 saturated carbocycles. The van der Waals surface area contributed by atoms with Crippen LogP contribution in [0.4, 0.5) is 0 Å². The maximum absolute atomic E-state index is 12.7. The van der Waals surface area contributed by atoms with E-state index in [0.717, 1.165) is 17.8 Å². The van der Waals surface area contributed by atoms with Gasteiger partial charge < -0.3 is 14.6 Å². The number of hydrazine groups is 1. The number of carbonyl (C=O) groups is 2. The Balaban J connectivity index is 1.64. The Labute approximate surface area is 165 Å². The van der Waals surface area contributed by atoms with Crippen LogP contribution >= 0.6 is 0 Å². The smallest absolute Gasteiger partial charge is 0.317 e. The molecule has 1 aliphatic heterocycles. The Morgan fingerprint density at radius 2 is 1.89 bits per heavy atom. The van der Waals surface area contributed by atoms with Crippen molar-refractivity contribution in [2.75, 3.05) is 46.8 Å². The van der Waals surface area contributed by atoms with E-state index in [-0.39, 0.29) is 12.5 Å². The van der Waals surface area contributed by atoms with E-state index in [9.17, 15) is 9.59 Å². The number of fused-ring (bicyclic) bond motifs is 1. The highest BCUT2D eigenvalue weighted by Gasteiger charge is 2.22. The summed E-state index contributed by atoms with van der Waals surface area (Å²) in [5.41, 5.74) is 5.42. The fraction of sp³-hybridized carbons (Fsp3) is 0.500. The van der Waals surface area contributed by atoms with E-state index in [1.165, 1.54) is 5.39 Å². The highest BCUT2D eigenvalue weighted by molar-refractivity contribution is 5.82. The van der Waals surface area contributed by atoms with Crippen LogP contribution in [0.15, 0.2) is 30.3 Å². The van der Waals surface area contributed by atoms with Gasteiger partial charge in [0.2, 0.25) is 5.91 Å². The number of benzene rings is 1. The lowest BCUT2D eigenvalue weighted by Crippen LogP contribution is -2.50. The predicted molar refractivity (Wildman–Crippen MR) is 108 cm³/mol. The number of aromatic nitrogens is 1. The second-order valence-electron chi connectivity index (χ2n) is 7.23. The van der Waals surface area contributed by atoms with Crippen molar-refractivity contribution in [1.82, 2.24) is 24.8 Å². The normalized spacial score (nSPS) is 15.5. The zero-order valence-electron chi connectivity index (χ0n) is 16.6. The first kappa shape index (κ1) is 20.3. The molecule has 0 unspecified atom stereocenters. The van der Waals surface area contributed by atoms with E-state index >= 15 is 0 Å². The lowest BCUT2D eigenvalue weighted by Gasteiger charge is -2.34. The number of carboxylic acids is 1. The number of rotatable bonds is 8. The van der Waals surface area contributed by atoms with E-state index in [1.807, 2.05) is 41.0 Å². The topological polar surface area (TPSA) is 81.0 Å². The summed E-state index contributed by atoms with van der Waals surface area (Å²) < 4.78 is 2.22. The molecule has 0 radical (unpaired) electrons. The van der Waals surface area contributed by atoms with Crippen molar-refractivity contribution in [3.8, 4) is 0 Å². The molecule has 0 aliphatic carbocycles. The Kier molecular flexibility index (Phi) is 6.66. The molecular formula is C20H29N5O3. The summed E-state index contributed by atoms with van der Waals surface area (Å²) in [6.07, 6.45) is 0.438. The van der Waals surface area contributed by atoms with Crippen molar-refractivity contribution >= 4 is 22.8 Å². The quantitative estimate of drug-likeness (QED) is 0.653. The monoisotopic (exact) mass is 387 g/mol. The number of nitrogens with one attached hydrogen (secondary N) is 1. The molecule has 152 valence electrons. The van der Waals surface area contributed by atoms with E-state index in [2.05, 4.69) is 28.2 Å². The van der Waals surface area contributed by atoms with Crippen LogP contribution in [0, 0.1) is 0 Å². The van der Waals surface area contributed by atoms with Gasteiger partial charge in [0.15, 0.2) is 0 Å². The highest BCUT2D eigenvalue weighted by Crippen LogP contribution is 2.21. The lowest BCUT2D eigenvalue weighted by molar-refractivity contribution is -0.139. The van der Waals surface area contributed by atoms with Crippen molar-refractivity contribution in [1.29, 1.82) is 0 Å². The Morgan fingerprint density at radius 3 is 2.57 bits per heavy atom. The first-order valence-corrected chi connectivity index (χ1v) is 9.65. The first-order chi connectivity index (χ1) is 13.5. The number of hydrogen-bond donors (Lipinski definition) is 2. The van der Waals surface area contributed by atoms with E-state index in [1.54, 1.807) is 0 Å². The van der Waals surface area contributed by atoms with E-state index in [4.69, 9.17) is 5.11 Å². The molecule has 28 heavy (non-hydrogen) atoms. The van der Waals surface area contributed by atoms with Gasteiger partial charge in [0.05, 0.1) is 13.1 Å². The van der Waals surface area contributed by atoms with Gasteiger partial charge in [0.1, 0.15) is 0 Å². The molecule has 3 rings (SSSR count). The molecule has 8 nitrogen and oxygen atoms in total. The zero-order chi connectivity index (χ0) is 20.1. The van der Waals surface area contributed by atoms with Crippen molar-refractivity contribution in [2.24, 2.45) is 0 Å². The van der Waals surface area contributed by atoms with Crippen LogP contribution in [0.3, 0.4) is 0 Å². The van der Waals surface area contributed by atoms with Crippen molar-refractivity contribution in [3.05, 3.63) is 36.0 Å². The average Bonchev–Trinajstić information content (AvgIpc) is 3.03. The van der Waals surface area contributed by atoms with Crippen LogP contribution in [0.25, 0.3) is 10.9 Å². The maximum atomic E-state index is 12.7. The predicted octanol–water partition coefficient (Wildman–Crippen LogP) is 0.826.